The molecule has 0 aliphatic rings. The van der Waals surface area contributed by atoms with Crippen LogP contribution in [-0.4, -0.2) is 40.9 Å². The molecule has 0 unspecified atom stereocenters. The van der Waals surface area contributed by atoms with Crippen molar-refractivity contribution in [1.29, 1.82) is 0 Å². The van der Waals surface area contributed by atoms with E-state index in [1.54, 1.807) is 0 Å². The van der Waals surface area contributed by atoms with Gasteiger partial charge in [0.25, 0.3) is 5.78 Å². The fourth-order valence-corrected chi connectivity index (χ4v) is 4.35. The minimum absolute atomic E-state index is 0.520. The summed E-state index contributed by atoms with van der Waals surface area (Å²) in [6.07, 6.45) is 2.11. The highest BCUT2D eigenvalue weighted by Crippen LogP contribution is 2.25. The lowest BCUT2D eigenvalue weighted by Gasteiger charge is -2.18. The average molecular weight is 456 g/mol. The molecule has 166 valence electrons. The highest BCUT2D eigenvalue weighted by Gasteiger charge is 2.16. The van der Waals surface area contributed by atoms with E-state index in [9.17, 15) is 0 Å². The minimum atomic E-state index is 0.520. The van der Waals surface area contributed by atoms with Crippen molar-refractivity contribution in [2.45, 2.75) is 27.1 Å². The van der Waals surface area contributed by atoms with Crippen LogP contribution < -0.4 is 0 Å². The van der Waals surface area contributed by atoms with Crippen molar-refractivity contribution in [3.8, 4) is 16.9 Å². The van der Waals surface area contributed by atoms with Crippen LogP contribution in [0.15, 0.2) is 72.9 Å². The number of fused-ring (bicyclic) bond motifs is 1. The van der Waals surface area contributed by atoms with E-state index in [0.29, 0.717) is 23.8 Å². The molecular weight excluding hydrogens is 430 g/mol. The van der Waals surface area contributed by atoms with Gasteiger partial charge in [0.05, 0.1) is 18.1 Å². The van der Waals surface area contributed by atoms with Crippen LogP contribution in [0.2, 0.25) is 0 Å². The van der Waals surface area contributed by atoms with Gasteiger partial charge in [0.1, 0.15) is 0 Å². The zero-order chi connectivity index (χ0) is 22.9. The molecular formula is C25H25N7S. The fourth-order valence-electron chi connectivity index (χ4n) is 4.13. The molecule has 33 heavy (non-hydrogen) atoms. The molecule has 0 amide bonds. The summed E-state index contributed by atoms with van der Waals surface area (Å²) >= 11 is 5.56. The second kappa shape index (κ2) is 8.73. The fraction of sp³-hybridized carbons (Fsp3) is 0.200. The minimum Gasteiger partial charge on any atom is -0.283 e. The van der Waals surface area contributed by atoms with Crippen LogP contribution in [0.3, 0.4) is 0 Å². The number of rotatable bonds is 6. The molecule has 3 aromatic heterocycles. The second-order valence-corrected chi connectivity index (χ2v) is 8.61. The van der Waals surface area contributed by atoms with Crippen LogP contribution in [0.4, 0.5) is 0 Å². The Labute approximate surface area is 197 Å². The summed E-state index contributed by atoms with van der Waals surface area (Å²) in [6, 6.07) is 22.5. The van der Waals surface area contributed by atoms with Gasteiger partial charge in [-0.15, -0.1) is 0 Å². The van der Waals surface area contributed by atoms with Crippen LogP contribution >= 0.6 is 12.2 Å². The van der Waals surface area contributed by atoms with Crippen molar-refractivity contribution >= 4 is 18.0 Å². The van der Waals surface area contributed by atoms with Gasteiger partial charge in [0, 0.05) is 35.3 Å². The molecule has 0 atom stereocenters. The average Bonchev–Trinajstić information content (AvgIpc) is 3.36. The predicted molar refractivity (Wildman–Crippen MR) is 132 cm³/mol. The largest absolute Gasteiger partial charge is 0.283 e. The number of benzene rings is 2. The third-order valence-electron chi connectivity index (χ3n) is 5.55. The first-order chi connectivity index (χ1) is 16.0. The van der Waals surface area contributed by atoms with Crippen molar-refractivity contribution in [2.24, 2.45) is 0 Å². The Morgan fingerprint density at radius 2 is 1.64 bits per heavy atom. The first-order valence-corrected chi connectivity index (χ1v) is 11.2. The normalized spacial score (nSPS) is 11.5. The molecule has 2 aromatic carbocycles. The molecule has 3 heterocycles. The van der Waals surface area contributed by atoms with Gasteiger partial charge < -0.3 is 0 Å². The summed E-state index contributed by atoms with van der Waals surface area (Å²) in [5.41, 5.74) is 6.22. The molecule has 8 heteroatoms. The monoisotopic (exact) mass is 455 g/mol. The number of hydrogen-bond acceptors (Lipinski definition) is 5. The molecule has 0 saturated heterocycles. The molecule has 5 rings (SSSR count). The summed E-state index contributed by atoms with van der Waals surface area (Å²) < 4.78 is 6.43. The summed E-state index contributed by atoms with van der Waals surface area (Å²) in [5.74, 6) is 0.632. The maximum Gasteiger partial charge on any atom is 0.252 e. The standard InChI is InChI=1S/C25H25N7S/c1-18-14-19(2)32-24(26-18)27-25(33)31(32)17-29(3)15-21-16-30(22-12-8-5-9-13-22)28-23(21)20-10-6-4-7-11-20/h4-14,16H,15,17H2,1-3H3. The second-order valence-electron chi connectivity index (χ2n) is 8.25. The number of aryl methyl sites for hydroxylation is 2. The number of hydrogen-bond donors (Lipinski definition) is 0. The first kappa shape index (κ1) is 21.2. The van der Waals surface area contributed by atoms with Crippen molar-refractivity contribution in [3.63, 3.8) is 0 Å². The van der Waals surface area contributed by atoms with Gasteiger partial charge >= 0.3 is 0 Å². The molecule has 0 spiro atoms. The number of nitrogens with zero attached hydrogens (tertiary/aromatic N) is 7. The molecule has 0 bridgehead atoms. The quantitative estimate of drug-likeness (QED) is 0.344. The van der Waals surface area contributed by atoms with Gasteiger partial charge in [-0.2, -0.15) is 10.1 Å². The van der Waals surface area contributed by atoms with E-state index in [-0.39, 0.29) is 0 Å². The topological polar surface area (TPSA) is 56.2 Å². The van der Waals surface area contributed by atoms with E-state index in [1.807, 2.05) is 70.2 Å². The van der Waals surface area contributed by atoms with Crippen LogP contribution in [-0.2, 0) is 13.2 Å². The Hall–Kier alpha value is -3.62. The van der Waals surface area contributed by atoms with Crippen molar-refractivity contribution in [3.05, 3.63) is 94.6 Å². The zero-order valence-corrected chi connectivity index (χ0v) is 19.7. The molecule has 0 radical (unpaired) electrons. The Morgan fingerprint density at radius 3 is 2.36 bits per heavy atom. The molecule has 7 nitrogen and oxygen atoms in total. The van der Waals surface area contributed by atoms with E-state index in [1.165, 1.54) is 0 Å². The first-order valence-electron chi connectivity index (χ1n) is 10.8. The third-order valence-corrected chi connectivity index (χ3v) is 5.85. The third kappa shape index (κ3) is 4.22. The lowest BCUT2D eigenvalue weighted by molar-refractivity contribution is 0.238. The maximum atomic E-state index is 5.56. The van der Waals surface area contributed by atoms with Gasteiger partial charge in [0.15, 0.2) is 0 Å². The van der Waals surface area contributed by atoms with Crippen molar-refractivity contribution in [2.75, 3.05) is 7.05 Å². The van der Waals surface area contributed by atoms with Crippen LogP contribution in [0.25, 0.3) is 22.7 Å². The van der Waals surface area contributed by atoms with Crippen LogP contribution in [0, 0.1) is 18.6 Å². The van der Waals surface area contributed by atoms with Gasteiger partial charge in [-0.3, -0.25) is 4.90 Å². The van der Waals surface area contributed by atoms with Crippen LogP contribution in [0.1, 0.15) is 17.0 Å². The predicted octanol–water partition coefficient (Wildman–Crippen LogP) is 4.82. The Balaban J connectivity index is 1.49. The van der Waals surface area contributed by atoms with E-state index >= 15 is 0 Å². The van der Waals surface area contributed by atoms with Gasteiger partial charge in [-0.05, 0) is 51.3 Å². The summed E-state index contributed by atoms with van der Waals surface area (Å²) in [4.78, 5) is 11.2. The van der Waals surface area contributed by atoms with E-state index in [4.69, 9.17) is 17.3 Å². The maximum absolute atomic E-state index is 5.56. The zero-order valence-electron chi connectivity index (χ0n) is 18.9. The van der Waals surface area contributed by atoms with Crippen molar-refractivity contribution in [1.82, 2.24) is 33.8 Å². The van der Waals surface area contributed by atoms with Crippen LogP contribution in [0.5, 0.6) is 0 Å². The number of para-hydroxylation sites is 1. The van der Waals surface area contributed by atoms with E-state index in [2.05, 4.69) is 52.4 Å². The molecule has 0 saturated carbocycles. The lowest BCUT2D eigenvalue weighted by Crippen LogP contribution is -2.25. The smallest absolute Gasteiger partial charge is 0.252 e. The SMILES string of the molecule is Cc1cc(C)n2c(n1)nc(=S)n2CN(C)Cc1cn(-c2ccccc2)nc1-c1ccccc1. The van der Waals surface area contributed by atoms with Crippen molar-refractivity contribution < 1.29 is 0 Å². The summed E-state index contributed by atoms with van der Waals surface area (Å²) in [7, 11) is 2.08. The summed E-state index contributed by atoms with van der Waals surface area (Å²) in [5, 5.41) is 4.93. The van der Waals surface area contributed by atoms with Gasteiger partial charge in [0.2, 0.25) is 4.77 Å². The molecule has 0 aliphatic carbocycles. The molecule has 0 aliphatic heterocycles. The number of aromatic nitrogens is 6. The Kier molecular flexibility index (Phi) is 5.62. The Morgan fingerprint density at radius 1 is 0.939 bits per heavy atom. The van der Waals surface area contributed by atoms with E-state index in [0.717, 1.165) is 33.9 Å². The lowest BCUT2D eigenvalue weighted by atomic mass is 10.1. The van der Waals surface area contributed by atoms with E-state index < -0.39 is 0 Å². The molecule has 0 fully saturated rings. The molecule has 5 aromatic rings. The Bertz CT molecular complexity index is 1470. The van der Waals surface area contributed by atoms with Gasteiger partial charge in [-0.1, -0.05) is 48.5 Å². The highest BCUT2D eigenvalue weighted by molar-refractivity contribution is 7.71. The van der Waals surface area contributed by atoms with Gasteiger partial charge in [-0.25, -0.2) is 18.9 Å². The summed E-state index contributed by atoms with van der Waals surface area (Å²) in [6.45, 7) is 5.30. The molecule has 0 N–H and O–H groups in total. The highest BCUT2D eigenvalue weighted by atomic mass is 32.1.